The summed E-state index contributed by atoms with van der Waals surface area (Å²) in [6.45, 7) is 4.63. The molecule has 0 spiro atoms. The first kappa shape index (κ1) is 23.4. The number of amides is 1. The number of carbonyl (C=O) groups is 1. The van der Waals surface area contributed by atoms with Crippen molar-refractivity contribution in [3.05, 3.63) is 70.9 Å². The van der Waals surface area contributed by atoms with Crippen molar-refractivity contribution in [2.75, 3.05) is 20.2 Å². The number of hydrogen-bond acceptors (Lipinski definition) is 6. The zero-order chi connectivity index (χ0) is 24.3. The van der Waals surface area contributed by atoms with Gasteiger partial charge in [-0.15, -0.1) is 0 Å². The third kappa shape index (κ3) is 4.51. The number of aliphatic hydroxyl groups is 1. The molecule has 9 heteroatoms. The van der Waals surface area contributed by atoms with E-state index >= 15 is 0 Å². The molecular weight excluding hydrogens is 434 g/mol. The minimum Gasteiger partial charge on any atom is -0.494 e. The number of aromatic nitrogens is 4. The summed E-state index contributed by atoms with van der Waals surface area (Å²) in [5, 5.41) is 15.9. The van der Waals surface area contributed by atoms with E-state index in [0.717, 1.165) is 0 Å². The van der Waals surface area contributed by atoms with Gasteiger partial charge in [0, 0.05) is 18.7 Å². The number of allylic oxidation sites excluding steroid dienone is 3. The maximum atomic E-state index is 13.2. The minimum absolute atomic E-state index is 0.0378. The molecule has 3 heterocycles. The fraction of sp³-hybridized carbons (Fsp3) is 0.360. The summed E-state index contributed by atoms with van der Waals surface area (Å²) < 4.78 is 8.40. The molecule has 178 valence electrons. The van der Waals surface area contributed by atoms with Crippen LogP contribution in [0.5, 0.6) is 5.75 Å². The van der Waals surface area contributed by atoms with Crippen LogP contribution in [0.4, 0.5) is 0 Å². The van der Waals surface area contributed by atoms with Crippen LogP contribution in [0.1, 0.15) is 26.7 Å². The Kier molecular flexibility index (Phi) is 6.65. The molecule has 0 unspecified atom stereocenters. The number of carbonyl (C=O) groups excluding carboxylic acids is 1. The highest BCUT2D eigenvalue weighted by Crippen LogP contribution is 2.26. The van der Waals surface area contributed by atoms with E-state index in [0.29, 0.717) is 54.0 Å². The van der Waals surface area contributed by atoms with E-state index in [1.807, 2.05) is 43.3 Å². The number of piperidine rings is 1. The van der Waals surface area contributed by atoms with Crippen LogP contribution in [-0.2, 0) is 11.3 Å². The van der Waals surface area contributed by atoms with Crippen LogP contribution in [0.25, 0.3) is 16.7 Å². The molecule has 1 N–H and O–H groups in total. The van der Waals surface area contributed by atoms with E-state index in [1.54, 1.807) is 29.7 Å². The van der Waals surface area contributed by atoms with Gasteiger partial charge in [-0.25, -0.2) is 9.67 Å². The summed E-state index contributed by atoms with van der Waals surface area (Å²) in [7, 11) is 1.57. The van der Waals surface area contributed by atoms with Crippen molar-refractivity contribution in [2.24, 2.45) is 0 Å². The highest BCUT2D eigenvalue weighted by atomic mass is 16.5. The molecule has 34 heavy (non-hydrogen) atoms. The van der Waals surface area contributed by atoms with Crippen LogP contribution in [0.2, 0.25) is 0 Å². The predicted molar refractivity (Wildman–Crippen MR) is 129 cm³/mol. The quantitative estimate of drug-likeness (QED) is 0.445. The van der Waals surface area contributed by atoms with Gasteiger partial charge in [-0.2, -0.15) is 5.10 Å². The van der Waals surface area contributed by atoms with Crippen molar-refractivity contribution in [2.45, 2.75) is 38.8 Å². The van der Waals surface area contributed by atoms with Gasteiger partial charge in [0.2, 0.25) is 5.91 Å². The van der Waals surface area contributed by atoms with Crippen molar-refractivity contribution in [1.29, 1.82) is 0 Å². The van der Waals surface area contributed by atoms with Crippen molar-refractivity contribution in [3.63, 3.8) is 0 Å². The summed E-state index contributed by atoms with van der Waals surface area (Å²) in [5.41, 5.74) is 0.376. The monoisotopic (exact) mass is 463 g/mol. The molecule has 0 aliphatic carbocycles. The Morgan fingerprint density at radius 3 is 2.71 bits per heavy atom. The largest absolute Gasteiger partial charge is 0.494 e. The Labute approximate surface area is 197 Å². The lowest BCUT2D eigenvalue weighted by Crippen LogP contribution is -2.49. The van der Waals surface area contributed by atoms with Crippen molar-refractivity contribution < 1.29 is 14.6 Å². The first-order chi connectivity index (χ1) is 16.4. The molecule has 0 saturated carbocycles. The standard InChI is InChI=1S/C25H29N5O4/c1-4-5-8-18(2)23(31)28-13-11-25(33,12-14-28)16-29-17-26-22-19(24(29)32)15-27-30(22)20-9-6-7-10-21(20)34-3/h4-10,15,17,33H,11-14,16H2,1-3H3/b5-4-,18-8+. The molecule has 1 saturated heterocycles. The molecule has 1 aliphatic heterocycles. The van der Waals surface area contributed by atoms with E-state index in [9.17, 15) is 14.7 Å². The number of likely N-dealkylation sites (tertiary alicyclic amines) is 1. The van der Waals surface area contributed by atoms with Crippen LogP contribution in [0.15, 0.2) is 65.4 Å². The summed E-state index contributed by atoms with van der Waals surface area (Å²) in [4.78, 5) is 32.0. The van der Waals surface area contributed by atoms with Gasteiger partial charge >= 0.3 is 0 Å². The molecule has 3 aromatic rings. The van der Waals surface area contributed by atoms with E-state index in [1.165, 1.54) is 17.1 Å². The van der Waals surface area contributed by atoms with E-state index in [2.05, 4.69) is 10.1 Å². The van der Waals surface area contributed by atoms with Crippen molar-refractivity contribution in [3.8, 4) is 11.4 Å². The van der Waals surface area contributed by atoms with Gasteiger partial charge in [-0.3, -0.25) is 14.2 Å². The Morgan fingerprint density at radius 1 is 1.26 bits per heavy atom. The molecule has 2 aromatic heterocycles. The first-order valence-electron chi connectivity index (χ1n) is 11.2. The maximum Gasteiger partial charge on any atom is 0.264 e. The lowest BCUT2D eigenvalue weighted by atomic mass is 9.91. The Hall–Kier alpha value is -3.72. The molecule has 4 rings (SSSR count). The first-order valence-corrected chi connectivity index (χ1v) is 11.2. The number of methoxy groups -OCH3 is 1. The van der Waals surface area contributed by atoms with Crippen LogP contribution >= 0.6 is 0 Å². The highest BCUT2D eigenvalue weighted by Gasteiger charge is 2.35. The number of hydrogen-bond donors (Lipinski definition) is 1. The number of fused-ring (bicyclic) bond motifs is 1. The van der Waals surface area contributed by atoms with Crippen LogP contribution in [-0.4, -0.2) is 61.0 Å². The summed E-state index contributed by atoms with van der Waals surface area (Å²) in [6.07, 6.45) is 9.17. The van der Waals surface area contributed by atoms with E-state index in [-0.39, 0.29) is 18.0 Å². The average molecular weight is 464 g/mol. The molecule has 1 aromatic carbocycles. The maximum absolute atomic E-state index is 13.2. The molecular formula is C25H29N5O4. The second-order valence-electron chi connectivity index (χ2n) is 8.54. The van der Waals surface area contributed by atoms with Crippen LogP contribution in [0.3, 0.4) is 0 Å². The molecule has 0 radical (unpaired) electrons. The SMILES string of the molecule is C/C=C\C=C(/C)C(=O)N1CCC(O)(Cn2cnc3c(cnn3-c3ccccc3OC)c2=O)CC1. The summed E-state index contributed by atoms with van der Waals surface area (Å²) >= 11 is 0. The lowest BCUT2D eigenvalue weighted by Gasteiger charge is -2.38. The highest BCUT2D eigenvalue weighted by molar-refractivity contribution is 5.93. The molecule has 1 aliphatic rings. The third-order valence-electron chi connectivity index (χ3n) is 6.19. The zero-order valence-corrected chi connectivity index (χ0v) is 19.6. The zero-order valence-electron chi connectivity index (χ0n) is 19.6. The minimum atomic E-state index is -1.10. The fourth-order valence-corrected chi connectivity index (χ4v) is 4.20. The fourth-order valence-electron chi connectivity index (χ4n) is 4.20. The van der Waals surface area contributed by atoms with Crippen molar-refractivity contribution in [1.82, 2.24) is 24.2 Å². The Bertz CT molecular complexity index is 1310. The normalized spacial score (nSPS) is 16.4. The Balaban J connectivity index is 1.53. The van der Waals surface area contributed by atoms with Gasteiger partial charge in [0.1, 0.15) is 23.2 Å². The summed E-state index contributed by atoms with van der Waals surface area (Å²) in [6, 6.07) is 7.37. The van der Waals surface area contributed by atoms with Crippen LogP contribution < -0.4 is 10.3 Å². The molecule has 0 bridgehead atoms. The third-order valence-corrected chi connectivity index (χ3v) is 6.19. The van der Waals surface area contributed by atoms with Gasteiger partial charge in [-0.1, -0.05) is 30.4 Å². The Morgan fingerprint density at radius 2 is 2.00 bits per heavy atom. The van der Waals surface area contributed by atoms with Gasteiger partial charge < -0.3 is 14.7 Å². The molecule has 0 atom stereocenters. The van der Waals surface area contributed by atoms with Crippen LogP contribution in [0, 0.1) is 0 Å². The molecule has 9 nitrogen and oxygen atoms in total. The average Bonchev–Trinajstić information content (AvgIpc) is 3.29. The number of ether oxygens (including phenoxy) is 1. The van der Waals surface area contributed by atoms with Gasteiger partial charge in [0.05, 0.1) is 25.5 Å². The number of rotatable bonds is 6. The van der Waals surface area contributed by atoms with E-state index in [4.69, 9.17) is 4.74 Å². The number of para-hydroxylation sites is 2. The second-order valence-corrected chi connectivity index (χ2v) is 8.54. The second kappa shape index (κ2) is 9.64. The summed E-state index contributed by atoms with van der Waals surface area (Å²) in [5.74, 6) is 0.578. The smallest absolute Gasteiger partial charge is 0.264 e. The molecule has 1 amide bonds. The van der Waals surface area contributed by atoms with Gasteiger partial charge in [0.25, 0.3) is 5.56 Å². The van der Waals surface area contributed by atoms with Gasteiger partial charge in [0.15, 0.2) is 5.65 Å². The van der Waals surface area contributed by atoms with E-state index < -0.39 is 5.60 Å². The number of nitrogens with zero attached hydrogens (tertiary/aromatic N) is 5. The molecule has 1 fully saturated rings. The topological polar surface area (TPSA) is 102 Å². The predicted octanol–water partition coefficient (Wildman–Crippen LogP) is 2.47. The lowest BCUT2D eigenvalue weighted by molar-refractivity contribution is -0.131. The van der Waals surface area contributed by atoms with Gasteiger partial charge in [-0.05, 0) is 38.8 Å². The number of benzene rings is 1. The van der Waals surface area contributed by atoms with Crippen molar-refractivity contribution >= 4 is 16.9 Å².